The van der Waals surface area contributed by atoms with Gasteiger partial charge in [-0.15, -0.1) is 0 Å². The molecule has 68 heavy (non-hydrogen) atoms. The maximum atomic E-state index is 9.61. The summed E-state index contributed by atoms with van der Waals surface area (Å²) in [6.07, 6.45) is 0. The summed E-state index contributed by atoms with van der Waals surface area (Å²) in [4.78, 5) is 4.59. The van der Waals surface area contributed by atoms with Crippen LogP contribution in [0.3, 0.4) is 0 Å². The molecule has 9 aromatic carbocycles. The van der Waals surface area contributed by atoms with Gasteiger partial charge in [-0.1, -0.05) is 88.4 Å². The highest BCUT2D eigenvalue weighted by Crippen LogP contribution is 2.47. The number of hydrogen-bond donors (Lipinski definition) is 0. The van der Waals surface area contributed by atoms with Crippen molar-refractivity contribution in [3.63, 3.8) is 0 Å². The molecule has 13 rings (SSSR count). The van der Waals surface area contributed by atoms with E-state index in [4.69, 9.17) is 0 Å². The molecule has 0 saturated carbocycles. The summed E-state index contributed by atoms with van der Waals surface area (Å²) in [6, 6.07) is 70.1. The molecule has 0 saturated heterocycles. The lowest BCUT2D eigenvalue weighted by Gasteiger charge is -2.26. The van der Waals surface area contributed by atoms with Gasteiger partial charge in [-0.2, -0.15) is 10.5 Å². The maximum absolute atomic E-state index is 9.61. The molecule has 4 heterocycles. The summed E-state index contributed by atoms with van der Waals surface area (Å²) in [6.45, 7) is 8.89. The van der Waals surface area contributed by atoms with Gasteiger partial charge >= 0.3 is 0 Å². The third kappa shape index (κ3) is 5.74. The summed E-state index contributed by atoms with van der Waals surface area (Å²) in [5, 5.41) is 29.0. The van der Waals surface area contributed by atoms with Crippen molar-refractivity contribution in [2.75, 3.05) is 9.80 Å². The van der Waals surface area contributed by atoms with Gasteiger partial charge in [0.25, 0.3) is 0 Å². The standard InChI is InChI=1S/C62H44N6/c1-37(2)41-15-23-45(24-16-41)65(43-19-11-39(35-63)12-20-43)47-27-29-57-53(31-47)49-7-5-9-51-55-34-60-56(33-59(55)67(57)61(49)51)52-10-6-8-50-54-32-48(28-30-58(54)68(60)62(50)52)66(44-21-13-40(36-64)14-22-44)46-25-17-42(18-26-46)38(3)4/h5-34,37-38H,1-4H3. The van der Waals surface area contributed by atoms with Crippen molar-refractivity contribution in [2.24, 2.45) is 0 Å². The number of rotatable bonds is 8. The number of para-hydroxylation sites is 2. The molecule has 13 aromatic rings. The zero-order valence-corrected chi connectivity index (χ0v) is 38.2. The number of nitriles is 2. The van der Waals surface area contributed by atoms with E-state index >= 15 is 0 Å². The molecule has 0 unspecified atom stereocenters. The van der Waals surface area contributed by atoms with E-state index in [0.29, 0.717) is 23.0 Å². The number of anilines is 6. The molecule has 6 heteroatoms. The van der Waals surface area contributed by atoms with Crippen LogP contribution in [0.2, 0.25) is 0 Å². The van der Waals surface area contributed by atoms with Crippen molar-refractivity contribution < 1.29 is 0 Å². The lowest BCUT2D eigenvalue weighted by molar-refractivity contribution is 0.866. The Morgan fingerprint density at radius 1 is 0.338 bits per heavy atom. The second-order valence-corrected chi connectivity index (χ2v) is 18.8. The van der Waals surface area contributed by atoms with Gasteiger partial charge < -0.3 is 18.6 Å². The maximum Gasteiger partial charge on any atom is 0.0991 e. The number of hydrogen-bond acceptors (Lipinski definition) is 4. The first-order valence-corrected chi connectivity index (χ1v) is 23.4. The number of benzene rings is 9. The fourth-order valence-electron chi connectivity index (χ4n) is 11.0. The number of nitrogens with zero attached hydrogens (tertiary/aromatic N) is 6. The van der Waals surface area contributed by atoms with Crippen LogP contribution in [0.4, 0.5) is 34.1 Å². The Balaban J connectivity index is 0.988. The van der Waals surface area contributed by atoms with Crippen molar-refractivity contribution in [2.45, 2.75) is 39.5 Å². The summed E-state index contributed by atoms with van der Waals surface area (Å²) >= 11 is 0. The lowest BCUT2D eigenvalue weighted by atomic mass is 10.0. The van der Waals surface area contributed by atoms with Crippen molar-refractivity contribution in [3.8, 4) is 12.1 Å². The van der Waals surface area contributed by atoms with E-state index in [2.05, 4.69) is 192 Å². The normalized spacial score (nSPS) is 12.1. The molecule has 0 spiro atoms. The highest BCUT2D eigenvalue weighted by molar-refractivity contribution is 6.29. The minimum atomic E-state index is 0.432. The van der Waals surface area contributed by atoms with Crippen LogP contribution in [0, 0.1) is 22.7 Å². The van der Waals surface area contributed by atoms with E-state index in [0.717, 1.165) is 34.1 Å². The molecule has 0 N–H and O–H groups in total. The Labute approximate surface area is 393 Å². The molecule has 4 aromatic heterocycles. The van der Waals surface area contributed by atoms with Crippen LogP contribution in [0.1, 0.15) is 61.8 Å². The summed E-state index contributed by atoms with van der Waals surface area (Å²) < 4.78 is 4.96. The first-order chi connectivity index (χ1) is 33.3. The minimum Gasteiger partial charge on any atom is -0.310 e. The van der Waals surface area contributed by atoms with Crippen molar-refractivity contribution in [1.29, 1.82) is 10.5 Å². The van der Waals surface area contributed by atoms with E-state index in [9.17, 15) is 10.5 Å². The van der Waals surface area contributed by atoms with Gasteiger partial charge in [-0.05, 0) is 144 Å². The predicted molar refractivity (Wildman–Crippen MR) is 283 cm³/mol. The minimum absolute atomic E-state index is 0.432. The second-order valence-electron chi connectivity index (χ2n) is 18.8. The third-order valence-electron chi connectivity index (χ3n) is 14.4. The first kappa shape index (κ1) is 39.5. The zero-order chi connectivity index (χ0) is 45.9. The van der Waals surface area contributed by atoms with Crippen LogP contribution < -0.4 is 9.80 Å². The summed E-state index contributed by atoms with van der Waals surface area (Å²) in [7, 11) is 0. The van der Waals surface area contributed by atoms with Gasteiger partial charge in [0, 0.05) is 77.2 Å². The highest BCUT2D eigenvalue weighted by Gasteiger charge is 2.24. The average molecular weight is 873 g/mol. The molecule has 6 nitrogen and oxygen atoms in total. The van der Waals surface area contributed by atoms with E-state index in [-0.39, 0.29) is 0 Å². The fraction of sp³-hybridized carbons (Fsp3) is 0.0968. The molecule has 0 radical (unpaired) electrons. The van der Waals surface area contributed by atoms with Gasteiger partial charge in [0.1, 0.15) is 0 Å². The number of fused-ring (bicyclic) bond motifs is 12. The fourth-order valence-corrected chi connectivity index (χ4v) is 11.0. The first-order valence-electron chi connectivity index (χ1n) is 23.4. The van der Waals surface area contributed by atoms with Crippen LogP contribution >= 0.6 is 0 Å². The van der Waals surface area contributed by atoms with Gasteiger partial charge in [0.2, 0.25) is 0 Å². The monoisotopic (exact) mass is 872 g/mol. The van der Waals surface area contributed by atoms with Gasteiger partial charge in [0.15, 0.2) is 0 Å². The van der Waals surface area contributed by atoms with Gasteiger partial charge in [-0.3, -0.25) is 0 Å². The molecule has 0 atom stereocenters. The second kappa shape index (κ2) is 14.8. The van der Waals surface area contributed by atoms with Crippen LogP contribution in [0.5, 0.6) is 0 Å². The largest absolute Gasteiger partial charge is 0.310 e. The summed E-state index contributed by atoms with van der Waals surface area (Å²) in [5.74, 6) is 0.864. The van der Waals surface area contributed by atoms with Crippen molar-refractivity contribution >= 4 is 110 Å². The SMILES string of the molecule is CC(C)c1ccc(N(c2ccc(C#N)cc2)c2ccc3c(c2)c2cccc4c5cc6c(cc5n3c24)c2cccc3c4cc(N(c5ccc(C#N)cc5)c5ccc(C(C)C)cc5)ccc4n6c32)cc1. The third-order valence-corrected chi connectivity index (χ3v) is 14.4. The molecule has 322 valence electrons. The average Bonchev–Trinajstić information content (AvgIpc) is 4.10. The van der Waals surface area contributed by atoms with Gasteiger partial charge in [-0.25, -0.2) is 0 Å². The molecule has 0 fully saturated rings. The molecular weight excluding hydrogens is 829 g/mol. The van der Waals surface area contributed by atoms with E-state index in [1.165, 1.54) is 87.3 Å². The predicted octanol–water partition coefficient (Wildman–Crippen LogP) is 16.9. The van der Waals surface area contributed by atoms with E-state index in [1.807, 2.05) is 48.5 Å². The Bertz CT molecular complexity index is 3920. The summed E-state index contributed by atoms with van der Waals surface area (Å²) in [5.41, 5.74) is 17.3. The molecule has 0 aliphatic rings. The quantitative estimate of drug-likeness (QED) is 0.153. The highest BCUT2D eigenvalue weighted by atomic mass is 15.1. The lowest BCUT2D eigenvalue weighted by Crippen LogP contribution is -2.10. The number of aromatic nitrogens is 2. The Kier molecular flexibility index (Phi) is 8.62. The smallest absolute Gasteiger partial charge is 0.0991 e. The Morgan fingerprint density at radius 3 is 0.971 bits per heavy atom. The Hall–Kier alpha value is -8.84. The van der Waals surface area contributed by atoms with Crippen molar-refractivity contribution in [1.82, 2.24) is 8.80 Å². The van der Waals surface area contributed by atoms with Crippen LogP contribution in [-0.4, -0.2) is 8.80 Å². The van der Waals surface area contributed by atoms with E-state index in [1.54, 1.807) is 0 Å². The molecule has 0 amide bonds. The van der Waals surface area contributed by atoms with Crippen LogP contribution in [-0.2, 0) is 0 Å². The van der Waals surface area contributed by atoms with Gasteiger partial charge in [0.05, 0.1) is 56.4 Å². The van der Waals surface area contributed by atoms with Crippen LogP contribution in [0.25, 0.3) is 76.2 Å². The molecular formula is C62H44N6. The molecule has 0 bridgehead atoms. The van der Waals surface area contributed by atoms with Crippen molar-refractivity contribution in [3.05, 3.63) is 204 Å². The molecule has 0 aliphatic carbocycles. The Morgan fingerprint density at radius 2 is 0.647 bits per heavy atom. The topological polar surface area (TPSA) is 62.9 Å². The zero-order valence-electron chi connectivity index (χ0n) is 38.2. The van der Waals surface area contributed by atoms with Crippen LogP contribution in [0.15, 0.2) is 182 Å². The molecule has 0 aliphatic heterocycles. The van der Waals surface area contributed by atoms with E-state index < -0.39 is 0 Å².